The zero-order chi connectivity index (χ0) is 22.0. The van der Waals surface area contributed by atoms with Crippen molar-refractivity contribution in [3.63, 3.8) is 0 Å². The quantitative estimate of drug-likeness (QED) is 0.550. The van der Waals surface area contributed by atoms with E-state index in [0.29, 0.717) is 32.2 Å². The van der Waals surface area contributed by atoms with Crippen LogP contribution in [0.5, 0.6) is 0 Å². The van der Waals surface area contributed by atoms with Gasteiger partial charge in [0.15, 0.2) is 5.13 Å². The maximum atomic E-state index is 13.3. The molecule has 0 bridgehead atoms. The predicted octanol–water partition coefficient (Wildman–Crippen LogP) is 4.30. The van der Waals surface area contributed by atoms with E-state index in [0.717, 1.165) is 25.7 Å². The minimum Gasteiger partial charge on any atom is -0.458 e. The van der Waals surface area contributed by atoms with Gasteiger partial charge in [-0.25, -0.2) is 14.8 Å². The number of nitrogens with zero attached hydrogens (tertiary/aromatic N) is 3. The van der Waals surface area contributed by atoms with E-state index >= 15 is 0 Å². The van der Waals surface area contributed by atoms with Crippen LogP contribution < -0.4 is 10.9 Å². The third-order valence-electron chi connectivity index (χ3n) is 5.57. The summed E-state index contributed by atoms with van der Waals surface area (Å²) in [7, 11) is 0. The molecule has 1 saturated carbocycles. The number of hydrogen-bond donors (Lipinski definition) is 1. The fourth-order valence-corrected chi connectivity index (χ4v) is 5.48. The molecule has 164 valence electrons. The van der Waals surface area contributed by atoms with Crippen molar-refractivity contribution < 1.29 is 14.3 Å². The van der Waals surface area contributed by atoms with Crippen LogP contribution in [-0.4, -0.2) is 32.5 Å². The Bertz CT molecular complexity index is 1150. The fourth-order valence-electron chi connectivity index (χ4n) is 3.92. The zero-order valence-corrected chi connectivity index (χ0v) is 19.1. The second-order valence-electron chi connectivity index (χ2n) is 7.61. The first-order chi connectivity index (χ1) is 15.0. The third kappa shape index (κ3) is 4.40. The molecule has 8 nitrogen and oxygen atoms in total. The Hall–Kier alpha value is -2.59. The molecule has 1 amide bonds. The Morgan fingerprint density at radius 2 is 2.06 bits per heavy atom. The number of thiazole rings is 1. The lowest BCUT2D eigenvalue weighted by Crippen LogP contribution is -2.33. The van der Waals surface area contributed by atoms with Crippen molar-refractivity contribution in [3.05, 3.63) is 38.7 Å². The molecule has 1 N–H and O–H groups in total. The summed E-state index contributed by atoms with van der Waals surface area (Å²) in [5.41, 5.74) is 0.222. The van der Waals surface area contributed by atoms with Crippen molar-refractivity contribution in [1.82, 2.24) is 14.5 Å². The van der Waals surface area contributed by atoms with Crippen LogP contribution in [0.15, 0.2) is 22.7 Å². The van der Waals surface area contributed by atoms with Gasteiger partial charge in [-0.3, -0.25) is 14.2 Å². The predicted molar refractivity (Wildman–Crippen MR) is 121 cm³/mol. The van der Waals surface area contributed by atoms with E-state index in [2.05, 4.69) is 15.3 Å². The highest BCUT2D eigenvalue weighted by atomic mass is 32.1. The lowest BCUT2D eigenvalue weighted by Gasteiger charge is -2.21. The number of carbonyl (C=O) groups is 2. The van der Waals surface area contributed by atoms with Crippen molar-refractivity contribution in [2.24, 2.45) is 0 Å². The van der Waals surface area contributed by atoms with Gasteiger partial charge in [-0.2, -0.15) is 0 Å². The molecule has 3 aromatic rings. The van der Waals surface area contributed by atoms with Gasteiger partial charge >= 0.3 is 5.97 Å². The van der Waals surface area contributed by atoms with Gasteiger partial charge < -0.3 is 10.1 Å². The lowest BCUT2D eigenvalue weighted by atomic mass is 9.98. The molecule has 1 fully saturated rings. The molecule has 0 saturated heterocycles. The van der Waals surface area contributed by atoms with Gasteiger partial charge in [0.05, 0.1) is 11.7 Å². The SMILES string of the molecule is CCC(C(=O)Nc1nccs1)n1cnc2sc(C(=O)OC3CCCCC3)c(C)c2c1=O. The Morgan fingerprint density at radius 3 is 2.74 bits per heavy atom. The molecule has 0 aliphatic heterocycles. The van der Waals surface area contributed by atoms with Gasteiger partial charge in [0.2, 0.25) is 5.91 Å². The number of hydrogen-bond acceptors (Lipinski definition) is 8. The molecule has 3 aromatic heterocycles. The van der Waals surface area contributed by atoms with Gasteiger partial charge in [-0.1, -0.05) is 13.3 Å². The number of aryl methyl sites for hydroxylation is 1. The number of aromatic nitrogens is 3. The maximum absolute atomic E-state index is 13.3. The second-order valence-corrected chi connectivity index (χ2v) is 9.50. The molecule has 0 radical (unpaired) electrons. The van der Waals surface area contributed by atoms with Crippen LogP contribution in [0.1, 0.15) is 66.7 Å². The molecule has 1 atom stereocenters. The molecule has 1 aliphatic rings. The molecule has 3 heterocycles. The number of nitrogens with one attached hydrogen (secondary N) is 1. The first-order valence-electron chi connectivity index (χ1n) is 10.4. The number of rotatable bonds is 6. The monoisotopic (exact) mass is 460 g/mol. The topological polar surface area (TPSA) is 103 Å². The van der Waals surface area contributed by atoms with Crippen LogP contribution in [0.25, 0.3) is 10.2 Å². The average Bonchev–Trinajstić information content (AvgIpc) is 3.39. The smallest absolute Gasteiger partial charge is 0.348 e. The highest BCUT2D eigenvalue weighted by Crippen LogP contribution is 2.30. The lowest BCUT2D eigenvalue weighted by molar-refractivity contribution is -0.119. The Morgan fingerprint density at radius 1 is 1.29 bits per heavy atom. The van der Waals surface area contributed by atoms with Crippen molar-refractivity contribution in [3.8, 4) is 0 Å². The minimum absolute atomic E-state index is 0.0606. The summed E-state index contributed by atoms with van der Waals surface area (Å²) < 4.78 is 7.02. The fraction of sp³-hybridized carbons (Fsp3) is 0.476. The summed E-state index contributed by atoms with van der Waals surface area (Å²) in [6.07, 6.45) is 8.40. The molecule has 10 heteroatoms. The Kier molecular flexibility index (Phi) is 6.47. The van der Waals surface area contributed by atoms with Crippen molar-refractivity contribution in [1.29, 1.82) is 0 Å². The van der Waals surface area contributed by atoms with E-state index in [-0.39, 0.29) is 17.6 Å². The van der Waals surface area contributed by atoms with E-state index in [1.807, 2.05) is 6.92 Å². The van der Waals surface area contributed by atoms with Crippen LogP contribution in [0.3, 0.4) is 0 Å². The van der Waals surface area contributed by atoms with Crippen molar-refractivity contribution in [2.75, 3.05) is 5.32 Å². The summed E-state index contributed by atoms with van der Waals surface area (Å²) in [6.45, 7) is 3.57. The number of thiophene rings is 1. The normalized spacial score (nSPS) is 15.7. The van der Waals surface area contributed by atoms with Gasteiger partial charge in [-0.15, -0.1) is 22.7 Å². The summed E-state index contributed by atoms with van der Waals surface area (Å²) in [6, 6.07) is -0.731. The number of anilines is 1. The highest BCUT2D eigenvalue weighted by molar-refractivity contribution is 7.20. The van der Waals surface area contributed by atoms with Crippen LogP contribution >= 0.6 is 22.7 Å². The van der Waals surface area contributed by atoms with Crippen molar-refractivity contribution >= 4 is 49.9 Å². The van der Waals surface area contributed by atoms with E-state index in [4.69, 9.17) is 4.74 Å². The van der Waals surface area contributed by atoms with E-state index in [1.165, 1.54) is 40.0 Å². The highest BCUT2D eigenvalue weighted by Gasteiger charge is 2.27. The Labute approximate surface area is 187 Å². The standard InChI is InChI=1S/C21H24N4O4S2/c1-3-14(17(26)24-21-22-9-10-30-21)25-11-23-18-15(19(25)27)12(2)16(31-18)20(28)29-13-7-5-4-6-8-13/h9-11,13-14H,3-8H2,1-2H3,(H,22,24,26). The molecule has 31 heavy (non-hydrogen) atoms. The number of amides is 1. The summed E-state index contributed by atoms with van der Waals surface area (Å²) >= 11 is 2.48. The summed E-state index contributed by atoms with van der Waals surface area (Å²) in [5.74, 6) is -0.725. The molecule has 0 spiro atoms. The molecular formula is C21H24N4O4S2. The Balaban J connectivity index is 1.63. The molecule has 1 aliphatic carbocycles. The van der Waals surface area contributed by atoms with Gasteiger partial charge in [0.25, 0.3) is 5.56 Å². The van der Waals surface area contributed by atoms with Crippen LogP contribution in [0, 0.1) is 6.92 Å². The van der Waals surface area contributed by atoms with E-state index < -0.39 is 12.0 Å². The van der Waals surface area contributed by atoms with Gasteiger partial charge in [0, 0.05) is 11.6 Å². The maximum Gasteiger partial charge on any atom is 0.348 e. The largest absolute Gasteiger partial charge is 0.458 e. The molecule has 1 unspecified atom stereocenters. The average molecular weight is 461 g/mol. The van der Waals surface area contributed by atoms with Crippen LogP contribution in [-0.2, 0) is 9.53 Å². The first kappa shape index (κ1) is 21.6. The van der Waals surface area contributed by atoms with E-state index in [9.17, 15) is 14.4 Å². The zero-order valence-electron chi connectivity index (χ0n) is 17.4. The van der Waals surface area contributed by atoms with Gasteiger partial charge in [-0.05, 0) is 44.6 Å². The summed E-state index contributed by atoms with van der Waals surface area (Å²) in [5, 5.41) is 5.34. The van der Waals surface area contributed by atoms with Crippen LogP contribution in [0.2, 0.25) is 0 Å². The molecular weight excluding hydrogens is 436 g/mol. The van der Waals surface area contributed by atoms with Crippen molar-refractivity contribution in [2.45, 2.75) is 64.5 Å². The molecule has 4 rings (SSSR count). The summed E-state index contributed by atoms with van der Waals surface area (Å²) in [4.78, 5) is 48.1. The van der Waals surface area contributed by atoms with Crippen LogP contribution in [0.4, 0.5) is 5.13 Å². The van der Waals surface area contributed by atoms with Gasteiger partial charge in [0.1, 0.15) is 21.9 Å². The second kappa shape index (κ2) is 9.27. The van der Waals surface area contributed by atoms with E-state index in [1.54, 1.807) is 18.5 Å². The first-order valence-corrected chi connectivity index (χ1v) is 12.1. The third-order valence-corrected chi connectivity index (χ3v) is 7.44. The number of carbonyl (C=O) groups excluding carboxylic acids is 2. The minimum atomic E-state index is -0.731. The number of esters is 1. The number of fused-ring (bicyclic) bond motifs is 1. The number of ether oxygens (including phenoxy) is 1. The molecule has 0 aromatic carbocycles.